The number of nitrogens with one attached hydrogen (secondary N) is 1. The van der Waals surface area contributed by atoms with Crippen LogP contribution in [-0.4, -0.2) is 43.7 Å². The standard InChI is InChI=1S/C17H18N6O3/c1-9(18)12-8-23(21-20-12)13-4-2-3-10-11(13)7-22(17(10)26)14-5-6-15(24)19-16(14)25/h2-4,8-9,14H,5-7,18H2,1H3,(H,19,24,25). The first-order valence-electron chi connectivity index (χ1n) is 8.40. The lowest BCUT2D eigenvalue weighted by atomic mass is 10.0. The number of benzene rings is 1. The lowest BCUT2D eigenvalue weighted by Crippen LogP contribution is -2.52. The van der Waals surface area contributed by atoms with E-state index in [1.54, 1.807) is 23.0 Å². The van der Waals surface area contributed by atoms with Crippen molar-refractivity contribution in [3.63, 3.8) is 0 Å². The summed E-state index contributed by atoms with van der Waals surface area (Å²) in [4.78, 5) is 37.8. The first kappa shape index (κ1) is 16.4. The molecule has 1 fully saturated rings. The molecule has 2 unspecified atom stereocenters. The van der Waals surface area contributed by atoms with Gasteiger partial charge in [-0.2, -0.15) is 0 Å². The highest BCUT2D eigenvalue weighted by Gasteiger charge is 2.40. The van der Waals surface area contributed by atoms with Gasteiger partial charge in [-0.05, 0) is 25.5 Å². The minimum Gasteiger partial charge on any atom is -0.323 e. The van der Waals surface area contributed by atoms with Crippen molar-refractivity contribution in [3.05, 3.63) is 41.2 Å². The summed E-state index contributed by atoms with van der Waals surface area (Å²) >= 11 is 0. The number of carbonyl (C=O) groups excluding carboxylic acids is 3. The first-order valence-corrected chi connectivity index (χ1v) is 8.40. The molecule has 9 heteroatoms. The third kappa shape index (κ3) is 2.57. The highest BCUT2D eigenvalue weighted by Crippen LogP contribution is 2.31. The zero-order valence-corrected chi connectivity index (χ0v) is 14.2. The van der Waals surface area contributed by atoms with Crippen molar-refractivity contribution >= 4 is 17.7 Å². The van der Waals surface area contributed by atoms with Crippen LogP contribution in [-0.2, 0) is 16.1 Å². The van der Waals surface area contributed by atoms with Crippen molar-refractivity contribution in [2.24, 2.45) is 5.73 Å². The molecule has 0 radical (unpaired) electrons. The highest BCUT2D eigenvalue weighted by atomic mass is 16.2. The fourth-order valence-corrected chi connectivity index (χ4v) is 3.39. The van der Waals surface area contributed by atoms with Crippen molar-refractivity contribution in [2.45, 2.75) is 38.4 Å². The van der Waals surface area contributed by atoms with Crippen molar-refractivity contribution in [1.82, 2.24) is 25.2 Å². The number of nitrogens with two attached hydrogens (primary N) is 1. The topological polar surface area (TPSA) is 123 Å². The molecular weight excluding hydrogens is 336 g/mol. The zero-order valence-electron chi connectivity index (χ0n) is 14.2. The second-order valence-electron chi connectivity index (χ2n) is 6.58. The Morgan fingerprint density at radius 1 is 1.31 bits per heavy atom. The van der Waals surface area contributed by atoms with Gasteiger partial charge < -0.3 is 10.6 Å². The van der Waals surface area contributed by atoms with Gasteiger partial charge in [0.15, 0.2) is 0 Å². The van der Waals surface area contributed by atoms with Crippen LogP contribution in [0.25, 0.3) is 5.69 Å². The van der Waals surface area contributed by atoms with Crippen molar-refractivity contribution in [3.8, 4) is 5.69 Å². The maximum Gasteiger partial charge on any atom is 0.255 e. The number of rotatable bonds is 3. The molecule has 2 atom stereocenters. The van der Waals surface area contributed by atoms with Gasteiger partial charge in [-0.15, -0.1) is 5.10 Å². The smallest absolute Gasteiger partial charge is 0.255 e. The minimum absolute atomic E-state index is 0.219. The summed E-state index contributed by atoms with van der Waals surface area (Å²) < 4.78 is 1.60. The van der Waals surface area contributed by atoms with Crippen LogP contribution in [0.4, 0.5) is 0 Å². The van der Waals surface area contributed by atoms with Crippen LogP contribution in [0.1, 0.15) is 47.4 Å². The van der Waals surface area contributed by atoms with E-state index in [9.17, 15) is 14.4 Å². The van der Waals surface area contributed by atoms with Crippen LogP contribution >= 0.6 is 0 Å². The van der Waals surface area contributed by atoms with Gasteiger partial charge in [-0.3, -0.25) is 19.7 Å². The van der Waals surface area contributed by atoms with E-state index in [0.29, 0.717) is 17.7 Å². The summed E-state index contributed by atoms with van der Waals surface area (Å²) in [7, 11) is 0. The molecule has 2 aliphatic heterocycles. The number of piperidine rings is 1. The SMILES string of the molecule is CC(N)c1cn(-c2cccc3c2CN(C2CCC(=O)NC2=O)C3=O)nn1. The Morgan fingerprint density at radius 3 is 2.81 bits per heavy atom. The lowest BCUT2D eigenvalue weighted by molar-refractivity contribution is -0.136. The molecule has 0 bridgehead atoms. The number of imide groups is 1. The van der Waals surface area contributed by atoms with Crippen LogP contribution in [0.15, 0.2) is 24.4 Å². The molecule has 1 saturated heterocycles. The highest BCUT2D eigenvalue weighted by molar-refractivity contribution is 6.05. The van der Waals surface area contributed by atoms with E-state index in [1.807, 2.05) is 13.0 Å². The van der Waals surface area contributed by atoms with E-state index in [4.69, 9.17) is 5.73 Å². The van der Waals surface area contributed by atoms with Gasteiger partial charge in [0.1, 0.15) is 6.04 Å². The monoisotopic (exact) mass is 354 g/mol. The van der Waals surface area contributed by atoms with Crippen LogP contribution < -0.4 is 11.1 Å². The fourth-order valence-electron chi connectivity index (χ4n) is 3.39. The summed E-state index contributed by atoms with van der Waals surface area (Å²) in [5, 5.41) is 10.5. The maximum absolute atomic E-state index is 12.8. The fraction of sp³-hybridized carbons (Fsp3) is 0.353. The molecule has 3 amide bonds. The Morgan fingerprint density at radius 2 is 2.12 bits per heavy atom. The molecule has 3 heterocycles. The van der Waals surface area contributed by atoms with E-state index in [1.165, 1.54) is 4.90 Å². The van der Waals surface area contributed by atoms with E-state index in [0.717, 1.165) is 11.3 Å². The van der Waals surface area contributed by atoms with Crippen LogP contribution in [0, 0.1) is 0 Å². The molecular formula is C17H18N6O3. The lowest BCUT2D eigenvalue weighted by Gasteiger charge is -2.29. The molecule has 0 aliphatic carbocycles. The summed E-state index contributed by atoms with van der Waals surface area (Å²) in [6, 6.07) is 4.46. The summed E-state index contributed by atoms with van der Waals surface area (Å²) in [5.41, 5.74) is 8.52. The van der Waals surface area contributed by atoms with E-state index < -0.39 is 11.9 Å². The van der Waals surface area contributed by atoms with Gasteiger partial charge in [0.05, 0.1) is 17.6 Å². The van der Waals surface area contributed by atoms with Gasteiger partial charge >= 0.3 is 0 Å². The third-order valence-corrected chi connectivity index (χ3v) is 4.78. The summed E-state index contributed by atoms with van der Waals surface area (Å²) in [5.74, 6) is -0.949. The van der Waals surface area contributed by atoms with Gasteiger partial charge in [0.2, 0.25) is 11.8 Å². The molecule has 3 N–H and O–H groups in total. The van der Waals surface area contributed by atoms with Crippen LogP contribution in [0.3, 0.4) is 0 Å². The van der Waals surface area contributed by atoms with Crippen molar-refractivity contribution in [1.29, 1.82) is 0 Å². The van der Waals surface area contributed by atoms with Gasteiger partial charge in [-0.1, -0.05) is 11.3 Å². The Bertz CT molecular complexity index is 919. The molecule has 4 rings (SSSR count). The molecule has 9 nitrogen and oxygen atoms in total. The molecule has 134 valence electrons. The minimum atomic E-state index is -0.643. The number of amides is 3. The molecule has 0 spiro atoms. The predicted octanol–water partition coefficient (Wildman–Crippen LogP) is 0.0480. The number of nitrogens with zero attached hydrogens (tertiary/aromatic N) is 4. The molecule has 1 aromatic carbocycles. The normalized spacial score (nSPS) is 20.9. The van der Waals surface area contributed by atoms with Gasteiger partial charge in [0.25, 0.3) is 5.91 Å². The number of aromatic nitrogens is 3. The Kier molecular flexibility index (Phi) is 3.80. The molecule has 0 saturated carbocycles. The largest absolute Gasteiger partial charge is 0.323 e. The van der Waals surface area contributed by atoms with Crippen LogP contribution in [0.5, 0.6) is 0 Å². The Balaban J connectivity index is 1.68. The second kappa shape index (κ2) is 6.03. The van der Waals surface area contributed by atoms with Gasteiger partial charge in [-0.25, -0.2) is 4.68 Å². The Labute approximate surface area is 149 Å². The van der Waals surface area contributed by atoms with Crippen molar-refractivity contribution < 1.29 is 14.4 Å². The number of hydrogen-bond acceptors (Lipinski definition) is 6. The summed E-state index contributed by atoms with van der Waals surface area (Å²) in [6.45, 7) is 2.10. The van der Waals surface area contributed by atoms with E-state index in [2.05, 4.69) is 15.6 Å². The maximum atomic E-state index is 12.8. The van der Waals surface area contributed by atoms with E-state index >= 15 is 0 Å². The number of carbonyl (C=O) groups is 3. The number of fused-ring (bicyclic) bond motifs is 1. The summed E-state index contributed by atoms with van der Waals surface area (Å²) in [6.07, 6.45) is 2.29. The van der Waals surface area contributed by atoms with E-state index in [-0.39, 0.29) is 30.8 Å². The van der Waals surface area contributed by atoms with Gasteiger partial charge in [0, 0.05) is 30.1 Å². The average molecular weight is 354 g/mol. The third-order valence-electron chi connectivity index (χ3n) is 4.78. The molecule has 26 heavy (non-hydrogen) atoms. The predicted molar refractivity (Wildman–Crippen MR) is 90.0 cm³/mol. The molecule has 2 aliphatic rings. The Hall–Kier alpha value is -3.07. The first-order chi connectivity index (χ1) is 12.5. The van der Waals surface area contributed by atoms with Crippen LogP contribution in [0.2, 0.25) is 0 Å². The molecule has 1 aromatic heterocycles. The quantitative estimate of drug-likeness (QED) is 0.751. The average Bonchev–Trinajstić information content (AvgIpc) is 3.21. The number of hydrogen-bond donors (Lipinski definition) is 2. The second-order valence-corrected chi connectivity index (χ2v) is 6.58. The zero-order chi connectivity index (χ0) is 18.4. The molecule has 2 aromatic rings. The van der Waals surface area contributed by atoms with Crippen molar-refractivity contribution in [2.75, 3.05) is 0 Å².